The maximum atomic E-state index is 13.7. The van der Waals surface area contributed by atoms with Crippen molar-refractivity contribution in [1.29, 1.82) is 0 Å². The number of carbonyl (C=O) groups excluding carboxylic acids is 4. The summed E-state index contributed by atoms with van der Waals surface area (Å²) in [6.45, 7) is 0. The number of para-hydroxylation sites is 1. The van der Waals surface area contributed by atoms with Gasteiger partial charge in [0.1, 0.15) is 6.04 Å². The van der Waals surface area contributed by atoms with Crippen LogP contribution in [0.3, 0.4) is 0 Å². The molecule has 3 heterocycles. The van der Waals surface area contributed by atoms with Gasteiger partial charge in [0.25, 0.3) is 0 Å². The molecule has 2 aromatic rings. The number of imide groups is 1. The van der Waals surface area contributed by atoms with E-state index in [1.54, 1.807) is 23.2 Å². The molecule has 3 aliphatic rings. The van der Waals surface area contributed by atoms with Crippen LogP contribution in [0.25, 0.3) is 6.08 Å². The number of hydrogen-bond donors (Lipinski definition) is 0. The summed E-state index contributed by atoms with van der Waals surface area (Å²) in [4.78, 5) is 55.2. The number of rotatable bonds is 3. The van der Waals surface area contributed by atoms with Gasteiger partial charge in [-0.2, -0.15) is 0 Å². The summed E-state index contributed by atoms with van der Waals surface area (Å²) in [6.07, 6.45) is 3.61. The Bertz CT molecular complexity index is 1190. The Labute approximate surface area is 184 Å². The van der Waals surface area contributed by atoms with Crippen LogP contribution in [0.5, 0.6) is 0 Å². The van der Waals surface area contributed by atoms with Gasteiger partial charge in [-0.3, -0.25) is 9.59 Å². The van der Waals surface area contributed by atoms with Crippen LogP contribution < -0.4 is 4.90 Å². The van der Waals surface area contributed by atoms with Gasteiger partial charge in [0.15, 0.2) is 0 Å². The summed E-state index contributed by atoms with van der Waals surface area (Å²) in [5.41, 5.74) is 2.04. The van der Waals surface area contributed by atoms with Crippen LogP contribution in [-0.2, 0) is 23.9 Å². The molecule has 8 heteroatoms. The molecule has 0 aliphatic carbocycles. The molecule has 162 valence electrons. The summed E-state index contributed by atoms with van der Waals surface area (Å²) in [5.74, 6) is -3.98. The molecule has 8 nitrogen and oxygen atoms in total. The van der Waals surface area contributed by atoms with E-state index in [-0.39, 0.29) is 11.3 Å². The number of esters is 2. The summed E-state index contributed by atoms with van der Waals surface area (Å²) < 4.78 is 9.84. The van der Waals surface area contributed by atoms with Gasteiger partial charge in [-0.05, 0) is 29.3 Å². The van der Waals surface area contributed by atoms with Crippen LogP contribution in [0.1, 0.15) is 27.5 Å². The lowest BCUT2D eigenvalue weighted by Crippen LogP contribution is -2.45. The van der Waals surface area contributed by atoms with Gasteiger partial charge in [0, 0.05) is 6.20 Å². The Kier molecular flexibility index (Phi) is 4.58. The lowest BCUT2D eigenvalue weighted by molar-refractivity contribution is -0.148. The highest BCUT2D eigenvalue weighted by molar-refractivity contribution is 6.25. The maximum absolute atomic E-state index is 13.7. The van der Waals surface area contributed by atoms with Crippen molar-refractivity contribution in [2.75, 3.05) is 19.1 Å². The molecular weight excluding hydrogens is 412 g/mol. The van der Waals surface area contributed by atoms with Gasteiger partial charge in [-0.15, -0.1) is 0 Å². The molecule has 0 unspecified atom stereocenters. The quantitative estimate of drug-likeness (QED) is 0.542. The molecule has 2 aromatic carbocycles. The lowest BCUT2D eigenvalue weighted by Gasteiger charge is -2.34. The minimum Gasteiger partial charge on any atom is -0.467 e. The van der Waals surface area contributed by atoms with Gasteiger partial charge < -0.3 is 14.4 Å². The van der Waals surface area contributed by atoms with Crippen molar-refractivity contribution < 1.29 is 28.7 Å². The van der Waals surface area contributed by atoms with Crippen molar-refractivity contribution in [3.63, 3.8) is 0 Å². The topological polar surface area (TPSA) is 93.2 Å². The molecule has 2 fully saturated rings. The zero-order valence-electron chi connectivity index (χ0n) is 17.4. The molecule has 0 radical (unpaired) electrons. The second-order valence-corrected chi connectivity index (χ2v) is 7.88. The number of amides is 2. The fourth-order valence-electron chi connectivity index (χ4n) is 5.14. The molecule has 2 amide bonds. The lowest BCUT2D eigenvalue weighted by atomic mass is 9.84. The summed E-state index contributed by atoms with van der Waals surface area (Å²) in [6, 6.07) is 12.4. The van der Waals surface area contributed by atoms with Gasteiger partial charge in [0.05, 0.1) is 43.3 Å². The number of fused-ring (bicyclic) bond motifs is 5. The first-order chi connectivity index (χ1) is 15.5. The smallest absolute Gasteiger partial charge is 0.339 e. The molecule has 0 N–H and O–H groups in total. The van der Waals surface area contributed by atoms with E-state index in [0.717, 1.165) is 16.0 Å². The largest absolute Gasteiger partial charge is 0.467 e. The fourth-order valence-corrected chi connectivity index (χ4v) is 5.14. The molecule has 0 aromatic heterocycles. The van der Waals surface area contributed by atoms with Crippen molar-refractivity contribution in [3.8, 4) is 0 Å². The van der Waals surface area contributed by atoms with Crippen LogP contribution in [-0.4, -0.2) is 48.9 Å². The minimum absolute atomic E-state index is 0.104. The van der Waals surface area contributed by atoms with Crippen molar-refractivity contribution in [2.24, 2.45) is 11.8 Å². The number of hydrogen-bond acceptors (Lipinski definition) is 7. The normalized spacial score (nSPS) is 25.3. The molecular formula is C24H20N2O6. The first kappa shape index (κ1) is 20.0. The second kappa shape index (κ2) is 7.33. The predicted molar refractivity (Wildman–Crippen MR) is 113 cm³/mol. The van der Waals surface area contributed by atoms with E-state index < -0.39 is 47.7 Å². The van der Waals surface area contributed by atoms with Gasteiger partial charge >= 0.3 is 11.9 Å². The molecule has 0 bridgehead atoms. The number of carbonyl (C=O) groups is 4. The number of benzene rings is 2. The molecule has 2 saturated heterocycles. The van der Waals surface area contributed by atoms with E-state index in [4.69, 9.17) is 9.47 Å². The predicted octanol–water partition coefficient (Wildman–Crippen LogP) is 2.16. The highest BCUT2D eigenvalue weighted by Gasteiger charge is 2.65. The summed E-state index contributed by atoms with van der Waals surface area (Å²) in [7, 11) is 2.50. The average molecular weight is 432 g/mol. The molecule has 0 saturated carbocycles. The van der Waals surface area contributed by atoms with Gasteiger partial charge in [-0.25, -0.2) is 14.5 Å². The van der Waals surface area contributed by atoms with Crippen LogP contribution in [0.15, 0.2) is 54.7 Å². The van der Waals surface area contributed by atoms with E-state index >= 15 is 0 Å². The van der Waals surface area contributed by atoms with Crippen LogP contribution in [0, 0.1) is 11.8 Å². The first-order valence-corrected chi connectivity index (χ1v) is 10.2. The fraction of sp³-hybridized carbons (Fsp3) is 0.250. The van der Waals surface area contributed by atoms with Gasteiger partial charge in [0.2, 0.25) is 11.8 Å². The van der Waals surface area contributed by atoms with Crippen LogP contribution in [0.2, 0.25) is 0 Å². The Hall–Kier alpha value is -3.94. The molecule has 4 atom stereocenters. The van der Waals surface area contributed by atoms with E-state index in [1.165, 1.54) is 26.4 Å². The number of methoxy groups -OCH3 is 2. The third-order valence-electron chi connectivity index (χ3n) is 6.45. The Morgan fingerprint density at radius 2 is 1.56 bits per heavy atom. The van der Waals surface area contributed by atoms with E-state index in [2.05, 4.69) is 0 Å². The minimum atomic E-state index is -0.952. The molecule has 0 spiro atoms. The monoisotopic (exact) mass is 432 g/mol. The van der Waals surface area contributed by atoms with Crippen molar-refractivity contribution in [2.45, 2.75) is 12.1 Å². The Balaban J connectivity index is 1.66. The molecule has 32 heavy (non-hydrogen) atoms. The first-order valence-electron chi connectivity index (χ1n) is 10.2. The standard InChI is InChI=1S/C24H20N2O6/c1-31-23(29)15-9-5-6-10-16(15)26-21(27)17-18(22(26)28)20(24(30)32-2)25-12-11-13-7-3-4-8-14(13)19(17)25/h3-12,17-20H,1-2H3/t17-,18+,19+,20+/m1/s1. The number of nitrogens with zero attached hydrogens (tertiary/aromatic N) is 2. The highest BCUT2D eigenvalue weighted by atomic mass is 16.5. The van der Waals surface area contributed by atoms with Crippen molar-refractivity contribution >= 4 is 35.5 Å². The molecule has 3 aliphatic heterocycles. The van der Waals surface area contributed by atoms with Crippen molar-refractivity contribution in [1.82, 2.24) is 4.90 Å². The van der Waals surface area contributed by atoms with Gasteiger partial charge in [-0.1, -0.05) is 36.4 Å². The number of anilines is 1. The zero-order valence-corrected chi connectivity index (χ0v) is 17.4. The third kappa shape index (κ3) is 2.62. The Morgan fingerprint density at radius 3 is 2.31 bits per heavy atom. The third-order valence-corrected chi connectivity index (χ3v) is 6.45. The number of ether oxygens (including phenoxy) is 2. The van der Waals surface area contributed by atoms with E-state index in [9.17, 15) is 19.2 Å². The summed E-state index contributed by atoms with van der Waals surface area (Å²) in [5, 5.41) is 0. The average Bonchev–Trinajstić information content (AvgIpc) is 3.30. The molecule has 5 rings (SSSR count). The highest BCUT2D eigenvalue weighted by Crippen LogP contribution is 2.53. The second-order valence-electron chi connectivity index (χ2n) is 7.88. The zero-order chi connectivity index (χ0) is 22.6. The van der Waals surface area contributed by atoms with Crippen molar-refractivity contribution in [3.05, 3.63) is 71.4 Å². The van der Waals surface area contributed by atoms with Crippen LogP contribution in [0.4, 0.5) is 5.69 Å². The SMILES string of the molecule is COC(=O)c1ccccc1N1C(=O)[C@@H]2[C@H](C1=O)[C@@H](C(=O)OC)N1C=Cc3ccccc3[C@@H]21. The summed E-state index contributed by atoms with van der Waals surface area (Å²) >= 11 is 0. The van der Waals surface area contributed by atoms with E-state index in [0.29, 0.717) is 0 Å². The van der Waals surface area contributed by atoms with Crippen LogP contribution >= 0.6 is 0 Å². The van der Waals surface area contributed by atoms with E-state index in [1.807, 2.05) is 30.3 Å². The Morgan fingerprint density at radius 1 is 0.875 bits per heavy atom. The maximum Gasteiger partial charge on any atom is 0.339 e.